The van der Waals surface area contributed by atoms with Gasteiger partial charge in [-0.3, -0.25) is 9.59 Å². The van der Waals surface area contributed by atoms with Gasteiger partial charge >= 0.3 is 5.97 Å². The van der Waals surface area contributed by atoms with E-state index in [0.717, 1.165) is 0 Å². The van der Waals surface area contributed by atoms with Crippen LogP contribution in [-0.2, 0) is 4.79 Å². The van der Waals surface area contributed by atoms with E-state index < -0.39 is 11.4 Å². The van der Waals surface area contributed by atoms with Gasteiger partial charge in [-0.05, 0) is 48.3 Å². The van der Waals surface area contributed by atoms with Gasteiger partial charge in [0.15, 0.2) is 11.5 Å². The number of likely N-dealkylation sites (tertiary alicyclic amines) is 1. The summed E-state index contributed by atoms with van der Waals surface area (Å²) in [5.74, 6) is -0.0802. The number of ether oxygens (including phenoxy) is 2. The van der Waals surface area contributed by atoms with Gasteiger partial charge in [0, 0.05) is 18.7 Å². The molecule has 1 aromatic rings. The van der Waals surface area contributed by atoms with Crippen molar-refractivity contribution < 1.29 is 24.2 Å². The molecule has 126 valence electrons. The largest absolute Gasteiger partial charge is 0.493 e. The van der Waals surface area contributed by atoms with Crippen molar-refractivity contribution in [3.63, 3.8) is 0 Å². The van der Waals surface area contributed by atoms with Crippen LogP contribution in [0, 0.1) is 5.41 Å². The number of carboxylic acid groups (broad SMARTS) is 1. The number of carbonyl (C=O) groups excluding carboxylic acids is 1. The highest BCUT2D eigenvalue weighted by Gasteiger charge is 2.42. The molecule has 6 nitrogen and oxygen atoms in total. The zero-order chi connectivity index (χ0) is 17.2. The van der Waals surface area contributed by atoms with Crippen LogP contribution in [0.25, 0.3) is 0 Å². The molecule has 1 aromatic carbocycles. The highest BCUT2D eigenvalue weighted by molar-refractivity contribution is 9.10. The van der Waals surface area contributed by atoms with Crippen LogP contribution < -0.4 is 9.47 Å². The van der Waals surface area contributed by atoms with Crippen molar-refractivity contribution in [1.29, 1.82) is 0 Å². The third-order valence-electron chi connectivity index (χ3n) is 4.04. The second kappa shape index (κ2) is 6.78. The molecular weight excluding hydrogens is 366 g/mol. The van der Waals surface area contributed by atoms with Gasteiger partial charge in [0.05, 0.1) is 23.6 Å². The molecule has 1 saturated heterocycles. The Morgan fingerprint density at radius 3 is 2.65 bits per heavy atom. The van der Waals surface area contributed by atoms with Crippen molar-refractivity contribution in [1.82, 2.24) is 4.90 Å². The van der Waals surface area contributed by atoms with Crippen LogP contribution >= 0.6 is 15.9 Å². The van der Waals surface area contributed by atoms with Crippen molar-refractivity contribution in [3.05, 3.63) is 22.2 Å². The van der Waals surface area contributed by atoms with E-state index >= 15 is 0 Å². The number of halogens is 1. The first-order chi connectivity index (χ1) is 10.8. The van der Waals surface area contributed by atoms with E-state index in [2.05, 4.69) is 15.9 Å². The maximum absolute atomic E-state index is 12.7. The number of carbonyl (C=O) groups is 2. The van der Waals surface area contributed by atoms with Gasteiger partial charge in [-0.1, -0.05) is 0 Å². The van der Waals surface area contributed by atoms with E-state index in [9.17, 15) is 14.7 Å². The summed E-state index contributed by atoms with van der Waals surface area (Å²) >= 11 is 3.39. The van der Waals surface area contributed by atoms with Crippen molar-refractivity contribution in [2.24, 2.45) is 5.41 Å². The summed E-state index contributed by atoms with van der Waals surface area (Å²) in [7, 11) is 1.51. The minimum atomic E-state index is -0.887. The van der Waals surface area contributed by atoms with Crippen LogP contribution in [0.4, 0.5) is 0 Å². The minimum absolute atomic E-state index is 0.203. The molecule has 7 heteroatoms. The van der Waals surface area contributed by atoms with Crippen LogP contribution in [0.2, 0.25) is 0 Å². The summed E-state index contributed by atoms with van der Waals surface area (Å²) in [4.78, 5) is 25.5. The molecule has 1 aliphatic heterocycles. The number of nitrogens with zero attached hydrogens (tertiary/aromatic N) is 1. The summed E-state index contributed by atoms with van der Waals surface area (Å²) in [6.45, 7) is 4.63. The highest BCUT2D eigenvalue weighted by Crippen LogP contribution is 2.38. The Kier molecular flexibility index (Phi) is 5.19. The van der Waals surface area contributed by atoms with Crippen LogP contribution in [0.1, 0.15) is 30.6 Å². The number of hydrogen-bond acceptors (Lipinski definition) is 4. The maximum Gasteiger partial charge on any atom is 0.311 e. The second-order valence-electron chi connectivity index (χ2n) is 5.76. The SMILES string of the molecule is CCOc1c(Br)cc(C(=O)N2CC[C@@](C)(C(=O)O)C2)cc1OC. The Morgan fingerprint density at radius 1 is 1.43 bits per heavy atom. The molecule has 0 aliphatic carbocycles. The quantitative estimate of drug-likeness (QED) is 0.842. The number of hydrogen-bond donors (Lipinski definition) is 1. The molecular formula is C16H20BrNO5. The first kappa shape index (κ1) is 17.6. The molecule has 0 saturated carbocycles. The van der Waals surface area contributed by atoms with Gasteiger partial charge < -0.3 is 19.5 Å². The average molecular weight is 386 g/mol. The zero-order valence-electron chi connectivity index (χ0n) is 13.4. The number of carboxylic acids is 1. The topological polar surface area (TPSA) is 76.1 Å². The van der Waals surface area contributed by atoms with E-state index in [4.69, 9.17) is 9.47 Å². The molecule has 1 aliphatic rings. The second-order valence-corrected chi connectivity index (χ2v) is 6.62. The smallest absolute Gasteiger partial charge is 0.311 e. The summed E-state index contributed by atoms with van der Waals surface area (Å²) in [5.41, 5.74) is -0.450. The Bertz CT molecular complexity index is 633. The molecule has 1 amide bonds. The number of rotatable bonds is 5. The lowest BCUT2D eigenvalue weighted by Gasteiger charge is -2.21. The Hall–Kier alpha value is -1.76. The fraction of sp³-hybridized carbons (Fsp3) is 0.500. The van der Waals surface area contributed by atoms with Gasteiger partial charge in [-0.2, -0.15) is 0 Å². The molecule has 0 bridgehead atoms. The van der Waals surface area contributed by atoms with Crippen LogP contribution in [0.15, 0.2) is 16.6 Å². The molecule has 23 heavy (non-hydrogen) atoms. The minimum Gasteiger partial charge on any atom is -0.493 e. The van der Waals surface area contributed by atoms with Gasteiger partial charge in [0.2, 0.25) is 0 Å². The third kappa shape index (κ3) is 3.44. The predicted octanol–water partition coefficient (Wildman–Crippen LogP) is 2.79. The standard InChI is InChI=1S/C16H20BrNO5/c1-4-23-13-11(17)7-10(8-12(13)22-3)14(19)18-6-5-16(2,9-18)15(20)21/h7-8H,4-6,9H2,1-3H3,(H,20,21)/t16-/m1/s1. The third-order valence-corrected chi connectivity index (χ3v) is 4.63. The summed E-state index contributed by atoms with van der Waals surface area (Å²) in [6, 6.07) is 3.29. The normalized spacial score (nSPS) is 20.4. The lowest BCUT2D eigenvalue weighted by atomic mass is 9.90. The van der Waals surface area contributed by atoms with Crippen LogP contribution in [0.5, 0.6) is 11.5 Å². The van der Waals surface area contributed by atoms with E-state index in [-0.39, 0.29) is 12.5 Å². The number of methoxy groups -OCH3 is 1. The fourth-order valence-corrected chi connectivity index (χ4v) is 3.18. The van der Waals surface area contributed by atoms with Crippen LogP contribution in [0.3, 0.4) is 0 Å². The molecule has 2 rings (SSSR count). The lowest BCUT2D eigenvalue weighted by molar-refractivity contribution is -0.147. The van der Waals surface area contributed by atoms with Gasteiger partial charge in [0.1, 0.15) is 0 Å². The monoisotopic (exact) mass is 385 g/mol. The molecule has 1 N–H and O–H groups in total. The first-order valence-electron chi connectivity index (χ1n) is 7.35. The van der Waals surface area contributed by atoms with E-state index in [1.54, 1.807) is 24.0 Å². The Morgan fingerprint density at radius 2 is 2.13 bits per heavy atom. The maximum atomic E-state index is 12.7. The van der Waals surface area contributed by atoms with E-state index in [1.165, 1.54) is 7.11 Å². The van der Waals surface area contributed by atoms with E-state index in [1.807, 2.05) is 6.92 Å². The van der Waals surface area contributed by atoms with Gasteiger partial charge in [-0.15, -0.1) is 0 Å². The Labute approximate surface area is 143 Å². The highest BCUT2D eigenvalue weighted by atomic mass is 79.9. The van der Waals surface area contributed by atoms with Crippen molar-refractivity contribution in [2.75, 3.05) is 26.8 Å². The average Bonchev–Trinajstić information content (AvgIpc) is 2.92. The van der Waals surface area contributed by atoms with Crippen LogP contribution in [-0.4, -0.2) is 48.7 Å². The predicted molar refractivity (Wildman–Crippen MR) is 88.1 cm³/mol. The molecule has 1 heterocycles. The Balaban J connectivity index is 2.27. The molecule has 0 unspecified atom stereocenters. The molecule has 1 fully saturated rings. The van der Waals surface area contributed by atoms with Gasteiger partial charge in [-0.25, -0.2) is 0 Å². The molecule has 0 radical (unpaired) electrons. The van der Waals surface area contributed by atoms with Crippen molar-refractivity contribution in [2.45, 2.75) is 20.3 Å². The number of benzene rings is 1. The molecule has 1 atom stereocenters. The summed E-state index contributed by atoms with van der Waals surface area (Å²) < 4.78 is 11.4. The summed E-state index contributed by atoms with van der Waals surface area (Å²) in [5, 5.41) is 9.28. The zero-order valence-corrected chi connectivity index (χ0v) is 15.0. The van der Waals surface area contributed by atoms with Crippen molar-refractivity contribution in [3.8, 4) is 11.5 Å². The lowest BCUT2D eigenvalue weighted by Crippen LogP contribution is -2.34. The van der Waals surface area contributed by atoms with Crippen molar-refractivity contribution >= 4 is 27.8 Å². The number of aliphatic carboxylic acids is 1. The van der Waals surface area contributed by atoms with E-state index in [0.29, 0.717) is 41.1 Å². The number of amides is 1. The van der Waals surface area contributed by atoms with Gasteiger partial charge in [0.25, 0.3) is 5.91 Å². The molecule has 0 spiro atoms. The molecule has 0 aromatic heterocycles. The fourth-order valence-electron chi connectivity index (χ4n) is 2.62. The summed E-state index contributed by atoms with van der Waals surface area (Å²) in [6.07, 6.45) is 0.448. The first-order valence-corrected chi connectivity index (χ1v) is 8.14.